The number of hydrogen-bond acceptors (Lipinski definition) is 6. The van der Waals surface area contributed by atoms with Gasteiger partial charge in [0.25, 0.3) is 5.91 Å². The fraction of sp³-hybridized carbons (Fsp3) is 0.370. The van der Waals surface area contributed by atoms with Gasteiger partial charge in [0.15, 0.2) is 0 Å². The minimum atomic E-state index is 0.0945. The summed E-state index contributed by atoms with van der Waals surface area (Å²) in [4.78, 5) is 28.6. The first-order valence-corrected chi connectivity index (χ1v) is 11.9. The molecular formula is C27H34N6O. The first-order valence-electron chi connectivity index (χ1n) is 11.9. The maximum atomic E-state index is 13.0. The third-order valence-corrected chi connectivity index (χ3v) is 6.13. The van der Waals surface area contributed by atoms with Crippen LogP contribution in [0.3, 0.4) is 0 Å². The van der Waals surface area contributed by atoms with E-state index in [1.807, 2.05) is 35.2 Å². The van der Waals surface area contributed by atoms with E-state index in [0.717, 1.165) is 62.6 Å². The Morgan fingerprint density at radius 1 is 0.971 bits per heavy atom. The lowest BCUT2D eigenvalue weighted by molar-refractivity contribution is 0.0634. The number of carbonyl (C=O) groups is 1. The van der Waals surface area contributed by atoms with Gasteiger partial charge < -0.3 is 15.1 Å². The van der Waals surface area contributed by atoms with Crippen LogP contribution in [0.15, 0.2) is 60.8 Å². The number of anilines is 2. The summed E-state index contributed by atoms with van der Waals surface area (Å²) < 4.78 is 0. The quantitative estimate of drug-likeness (QED) is 0.552. The molecule has 1 N–H and O–H groups in total. The lowest BCUT2D eigenvalue weighted by atomic mass is 10.1. The monoisotopic (exact) mass is 458 g/mol. The highest BCUT2D eigenvalue weighted by Crippen LogP contribution is 2.20. The topological polar surface area (TPSA) is 64.6 Å². The summed E-state index contributed by atoms with van der Waals surface area (Å²) in [5, 5.41) is 3.25. The van der Waals surface area contributed by atoms with Crippen molar-refractivity contribution in [3.05, 3.63) is 71.9 Å². The molecule has 7 nitrogen and oxygen atoms in total. The third-order valence-electron chi connectivity index (χ3n) is 6.13. The van der Waals surface area contributed by atoms with Crippen LogP contribution in [0.5, 0.6) is 0 Å². The van der Waals surface area contributed by atoms with Crippen LogP contribution in [0.1, 0.15) is 22.3 Å². The van der Waals surface area contributed by atoms with E-state index in [2.05, 4.69) is 70.4 Å². The first-order chi connectivity index (χ1) is 16.5. The number of benzene rings is 2. The molecule has 1 fully saturated rings. The highest BCUT2D eigenvalue weighted by Gasteiger charge is 2.21. The van der Waals surface area contributed by atoms with Crippen LogP contribution in [0.4, 0.5) is 11.6 Å². The summed E-state index contributed by atoms with van der Waals surface area (Å²) >= 11 is 0. The molecule has 2 aromatic carbocycles. The number of aryl methyl sites for hydroxylation is 1. The van der Waals surface area contributed by atoms with E-state index in [0.29, 0.717) is 11.5 Å². The molecule has 0 saturated carbocycles. The van der Waals surface area contributed by atoms with Gasteiger partial charge in [-0.15, -0.1) is 0 Å². The SMILES string of the molecule is Cc1ccc(-c2ccnc(Nc3ccc(C(=O)N4CCN(CCCN(C)C)CC4)cc3)n2)cc1. The summed E-state index contributed by atoms with van der Waals surface area (Å²) in [6.07, 6.45) is 2.91. The van der Waals surface area contributed by atoms with Crippen LogP contribution in [0.2, 0.25) is 0 Å². The summed E-state index contributed by atoms with van der Waals surface area (Å²) in [6, 6.07) is 17.7. The van der Waals surface area contributed by atoms with E-state index >= 15 is 0 Å². The molecule has 3 aromatic rings. The Kier molecular flexibility index (Phi) is 7.87. The van der Waals surface area contributed by atoms with E-state index in [1.54, 1.807) is 6.20 Å². The normalized spacial score (nSPS) is 14.4. The second-order valence-corrected chi connectivity index (χ2v) is 9.12. The zero-order valence-corrected chi connectivity index (χ0v) is 20.4. The Balaban J connectivity index is 1.32. The lowest BCUT2D eigenvalue weighted by Gasteiger charge is -2.35. The molecule has 0 bridgehead atoms. The number of nitrogens with zero attached hydrogens (tertiary/aromatic N) is 5. The smallest absolute Gasteiger partial charge is 0.253 e. The summed E-state index contributed by atoms with van der Waals surface area (Å²) in [7, 11) is 4.21. The molecule has 7 heteroatoms. The second-order valence-electron chi connectivity index (χ2n) is 9.12. The van der Waals surface area contributed by atoms with E-state index in [1.165, 1.54) is 5.56 Å². The average molecular weight is 459 g/mol. The van der Waals surface area contributed by atoms with E-state index in [4.69, 9.17) is 0 Å². The Morgan fingerprint density at radius 3 is 2.35 bits per heavy atom. The van der Waals surface area contributed by atoms with Crippen molar-refractivity contribution >= 4 is 17.5 Å². The van der Waals surface area contributed by atoms with Crippen LogP contribution < -0.4 is 5.32 Å². The van der Waals surface area contributed by atoms with Crippen molar-refractivity contribution in [2.24, 2.45) is 0 Å². The van der Waals surface area contributed by atoms with Crippen LogP contribution in [-0.2, 0) is 0 Å². The molecule has 178 valence electrons. The van der Waals surface area contributed by atoms with Crippen LogP contribution in [0, 0.1) is 6.92 Å². The van der Waals surface area contributed by atoms with Gasteiger partial charge in [-0.2, -0.15) is 0 Å². The van der Waals surface area contributed by atoms with Crippen molar-refractivity contribution in [3.8, 4) is 11.3 Å². The third kappa shape index (κ3) is 6.40. The van der Waals surface area contributed by atoms with Crippen molar-refractivity contribution in [3.63, 3.8) is 0 Å². The van der Waals surface area contributed by atoms with Gasteiger partial charge in [-0.05, 0) is 70.9 Å². The molecule has 0 spiro atoms. The molecule has 1 aliphatic rings. The molecule has 0 atom stereocenters. The molecule has 1 amide bonds. The number of aromatic nitrogens is 2. The van der Waals surface area contributed by atoms with Gasteiger partial charge in [0.1, 0.15) is 0 Å². The molecule has 4 rings (SSSR count). The van der Waals surface area contributed by atoms with Crippen LogP contribution in [0.25, 0.3) is 11.3 Å². The van der Waals surface area contributed by atoms with Crippen molar-refractivity contribution < 1.29 is 4.79 Å². The van der Waals surface area contributed by atoms with E-state index < -0.39 is 0 Å². The summed E-state index contributed by atoms with van der Waals surface area (Å²) in [6.45, 7) is 7.69. The molecule has 1 saturated heterocycles. The maximum Gasteiger partial charge on any atom is 0.253 e. The fourth-order valence-electron chi connectivity index (χ4n) is 4.10. The number of amides is 1. The minimum absolute atomic E-state index is 0.0945. The Labute approximate surface area is 202 Å². The standard InChI is InChI=1S/C27H34N6O/c1-21-5-7-22(8-6-21)25-13-14-28-27(30-25)29-24-11-9-23(10-12-24)26(34)33-19-17-32(18-20-33)16-4-15-31(2)3/h5-14H,4,15-20H2,1-3H3,(H,28,29,30). The van der Waals surface area contributed by atoms with Gasteiger partial charge in [0, 0.05) is 49.2 Å². The lowest BCUT2D eigenvalue weighted by Crippen LogP contribution is -2.49. The maximum absolute atomic E-state index is 13.0. The molecule has 0 aliphatic carbocycles. The van der Waals surface area contributed by atoms with Gasteiger partial charge in [0.2, 0.25) is 5.95 Å². The molecular weight excluding hydrogens is 424 g/mol. The Bertz CT molecular complexity index is 1070. The number of carbonyl (C=O) groups excluding carboxylic acids is 1. The first kappa shape index (κ1) is 23.9. The molecule has 1 aromatic heterocycles. The van der Waals surface area contributed by atoms with Gasteiger partial charge in [-0.25, -0.2) is 9.97 Å². The van der Waals surface area contributed by atoms with Crippen molar-refractivity contribution in [1.29, 1.82) is 0 Å². The fourth-order valence-corrected chi connectivity index (χ4v) is 4.10. The predicted octanol–water partition coefficient (Wildman–Crippen LogP) is 3.91. The number of nitrogens with one attached hydrogen (secondary N) is 1. The number of piperazine rings is 1. The van der Waals surface area contributed by atoms with Crippen molar-refractivity contribution in [1.82, 2.24) is 24.7 Å². The number of rotatable bonds is 8. The molecule has 0 unspecified atom stereocenters. The Morgan fingerprint density at radius 2 is 1.68 bits per heavy atom. The molecule has 0 radical (unpaired) electrons. The minimum Gasteiger partial charge on any atom is -0.336 e. The molecule has 34 heavy (non-hydrogen) atoms. The molecule has 1 aliphatic heterocycles. The second kappa shape index (κ2) is 11.2. The summed E-state index contributed by atoms with van der Waals surface area (Å²) in [5.74, 6) is 0.625. The molecule has 2 heterocycles. The van der Waals surface area contributed by atoms with E-state index in [9.17, 15) is 4.79 Å². The van der Waals surface area contributed by atoms with Crippen molar-refractivity contribution in [2.75, 3.05) is 58.7 Å². The number of hydrogen-bond donors (Lipinski definition) is 1. The highest BCUT2D eigenvalue weighted by molar-refractivity contribution is 5.94. The van der Waals surface area contributed by atoms with Crippen LogP contribution >= 0.6 is 0 Å². The van der Waals surface area contributed by atoms with Gasteiger partial charge in [0.05, 0.1) is 5.69 Å². The zero-order chi connectivity index (χ0) is 23.9. The van der Waals surface area contributed by atoms with Gasteiger partial charge in [-0.3, -0.25) is 9.69 Å². The van der Waals surface area contributed by atoms with Crippen molar-refractivity contribution in [2.45, 2.75) is 13.3 Å². The largest absolute Gasteiger partial charge is 0.336 e. The van der Waals surface area contributed by atoms with Gasteiger partial charge >= 0.3 is 0 Å². The average Bonchev–Trinajstić information content (AvgIpc) is 2.85. The van der Waals surface area contributed by atoms with E-state index in [-0.39, 0.29) is 5.91 Å². The highest BCUT2D eigenvalue weighted by atomic mass is 16.2. The Hall–Kier alpha value is -3.29. The van der Waals surface area contributed by atoms with Gasteiger partial charge in [-0.1, -0.05) is 29.8 Å². The predicted molar refractivity (Wildman–Crippen MR) is 137 cm³/mol. The summed E-state index contributed by atoms with van der Waals surface area (Å²) in [5.41, 5.74) is 4.69. The zero-order valence-electron chi connectivity index (χ0n) is 20.4. The van der Waals surface area contributed by atoms with Crippen LogP contribution in [-0.4, -0.2) is 83.9 Å².